The molecule has 0 unspecified atom stereocenters. The number of benzene rings is 2. The molecular formula is C22H21N3O4. The van der Waals surface area contributed by atoms with Crippen LogP contribution in [0.4, 0.5) is 11.4 Å². The van der Waals surface area contributed by atoms with Crippen LogP contribution in [0.15, 0.2) is 42.5 Å². The Hall–Kier alpha value is -3.66. The number of carbonyl (C=O) groups excluding carboxylic acids is 3. The zero-order valence-electron chi connectivity index (χ0n) is 16.3. The van der Waals surface area contributed by atoms with Gasteiger partial charge in [0.2, 0.25) is 5.91 Å². The van der Waals surface area contributed by atoms with Gasteiger partial charge in [-0.3, -0.25) is 14.4 Å². The van der Waals surface area contributed by atoms with E-state index in [1.54, 1.807) is 23.1 Å². The van der Waals surface area contributed by atoms with Crippen LogP contribution in [0.1, 0.15) is 23.1 Å². The van der Waals surface area contributed by atoms with E-state index in [1.807, 2.05) is 38.1 Å². The van der Waals surface area contributed by atoms with Crippen molar-refractivity contribution in [1.82, 2.24) is 0 Å². The molecule has 7 nitrogen and oxygen atoms in total. The first-order valence-corrected chi connectivity index (χ1v) is 9.22. The van der Waals surface area contributed by atoms with Gasteiger partial charge in [0.05, 0.1) is 17.6 Å². The highest BCUT2D eigenvalue weighted by molar-refractivity contribution is 6.00. The summed E-state index contributed by atoms with van der Waals surface area (Å²) in [6, 6.07) is 14.1. The molecule has 0 aliphatic carbocycles. The zero-order chi connectivity index (χ0) is 21.0. The highest BCUT2D eigenvalue weighted by atomic mass is 16.5. The quantitative estimate of drug-likeness (QED) is 0.790. The van der Waals surface area contributed by atoms with Crippen molar-refractivity contribution in [1.29, 1.82) is 5.26 Å². The third-order valence-electron chi connectivity index (χ3n) is 4.95. The zero-order valence-corrected chi connectivity index (χ0v) is 16.3. The highest BCUT2D eigenvalue weighted by Crippen LogP contribution is 2.29. The van der Waals surface area contributed by atoms with Crippen LogP contribution in [0.5, 0.6) is 0 Å². The van der Waals surface area contributed by atoms with Crippen LogP contribution in [0.25, 0.3) is 0 Å². The monoisotopic (exact) mass is 391 g/mol. The number of carbonyl (C=O) groups is 3. The Kier molecular flexibility index (Phi) is 5.93. The number of hydrogen-bond acceptors (Lipinski definition) is 5. The lowest BCUT2D eigenvalue weighted by Gasteiger charge is -2.20. The van der Waals surface area contributed by atoms with Gasteiger partial charge in [-0.05, 0) is 49.2 Å². The highest BCUT2D eigenvalue weighted by Gasteiger charge is 2.37. The van der Waals surface area contributed by atoms with Crippen LogP contribution >= 0.6 is 0 Å². The Bertz CT molecular complexity index is 1010. The van der Waals surface area contributed by atoms with Gasteiger partial charge in [0.15, 0.2) is 6.61 Å². The van der Waals surface area contributed by atoms with Crippen molar-refractivity contribution < 1.29 is 19.1 Å². The van der Waals surface area contributed by atoms with Crippen LogP contribution in [0.2, 0.25) is 0 Å². The molecule has 0 spiro atoms. The Morgan fingerprint density at radius 1 is 1.24 bits per heavy atom. The van der Waals surface area contributed by atoms with Gasteiger partial charge in [-0.15, -0.1) is 0 Å². The molecule has 2 aromatic rings. The van der Waals surface area contributed by atoms with Gasteiger partial charge in [0.25, 0.3) is 5.91 Å². The van der Waals surface area contributed by atoms with Crippen molar-refractivity contribution in [2.75, 3.05) is 23.4 Å². The third kappa shape index (κ3) is 4.61. The molecule has 0 bridgehead atoms. The van der Waals surface area contributed by atoms with Crippen LogP contribution in [0, 0.1) is 31.1 Å². The minimum Gasteiger partial charge on any atom is -0.455 e. The summed E-state index contributed by atoms with van der Waals surface area (Å²) in [5.41, 5.74) is 3.71. The maximum absolute atomic E-state index is 12.4. The number of hydrogen-bond donors (Lipinski definition) is 1. The fourth-order valence-electron chi connectivity index (χ4n) is 3.24. The molecule has 1 atom stereocenters. The predicted molar refractivity (Wildman–Crippen MR) is 107 cm³/mol. The number of esters is 1. The van der Waals surface area contributed by atoms with Gasteiger partial charge >= 0.3 is 5.97 Å². The summed E-state index contributed by atoms with van der Waals surface area (Å²) < 4.78 is 5.11. The fourth-order valence-corrected chi connectivity index (χ4v) is 3.24. The van der Waals surface area contributed by atoms with Gasteiger partial charge < -0.3 is 15.0 Å². The average Bonchev–Trinajstić information content (AvgIpc) is 3.10. The van der Waals surface area contributed by atoms with Crippen molar-refractivity contribution >= 4 is 29.2 Å². The normalized spacial score (nSPS) is 15.7. The van der Waals surface area contributed by atoms with E-state index in [-0.39, 0.29) is 18.9 Å². The SMILES string of the molecule is Cc1cccc(N2C[C@H](C(=O)OCC(=O)Nc3cccc(C#N)c3)CC2=O)c1C. The van der Waals surface area contributed by atoms with Crippen LogP contribution < -0.4 is 10.2 Å². The van der Waals surface area contributed by atoms with E-state index in [0.717, 1.165) is 16.8 Å². The van der Waals surface area contributed by atoms with Crippen molar-refractivity contribution in [3.8, 4) is 6.07 Å². The lowest BCUT2D eigenvalue weighted by Crippen LogP contribution is -2.28. The maximum atomic E-state index is 12.4. The van der Waals surface area contributed by atoms with Crippen LogP contribution in [0.3, 0.4) is 0 Å². The maximum Gasteiger partial charge on any atom is 0.311 e. The first-order valence-electron chi connectivity index (χ1n) is 9.22. The number of anilines is 2. The molecule has 7 heteroatoms. The summed E-state index contributed by atoms with van der Waals surface area (Å²) >= 11 is 0. The number of ether oxygens (including phenoxy) is 1. The molecule has 1 fully saturated rings. The van der Waals surface area contributed by atoms with Crippen molar-refractivity contribution in [2.24, 2.45) is 5.92 Å². The summed E-state index contributed by atoms with van der Waals surface area (Å²) in [5.74, 6) is -1.84. The molecule has 0 aromatic heterocycles. The van der Waals surface area contributed by atoms with Gasteiger partial charge in [0, 0.05) is 24.3 Å². The molecule has 2 amide bonds. The largest absolute Gasteiger partial charge is 0.455 e. The van der Waals surface area contributed by atoms with Crippen LogP contribution in [-0.2, 0) is 19.1 Å². The summed E-state index contributed by atoms with van der Waals surface area (Å²) in [7, 11) is 0. The van der Waals surface area contributed by atoms with Crippen LogP contribution in [-0.4, -0.2) is 30.9 Å². The van der Waals surface area contributed by atoms with E-state index in [4.69, 9.17) is 10.00 Å². The first-order chi connectivity index (χ1) is 13.9. The van der Waals surface area contributed by atoms with E-state index in [2.05, 4.69) is 5.32 Å². The molecule has 1 heterocycles. The van der Waals surface area contributed by atoms with E-state index in [0.29, 0.717) is 11.3 Å². The number of nitrogens with one attached hydrogen (secondary N) is 1. The molecule has 3 rings (SSSR count). The Morgan fingerprint density at radius 3 is 2.76 bits per heavy atom. The summed E-state index contributed by atoms with van der Waals surface area (Å²) in [5, 5.41) is 11.5. The molecule has 1 aliphatic heterocycles. The summed E-state index contributed by atoms with van der Waals surface area (Å²) in [6.45, 7) is 3.68. The second-order valence-corrected chi connectivity index (χ2v) is 6.97. The topological polar surface area (TPSA) is 99.5 Å². The van der Waals surface area contributed by atoms with E-state index < -0.39 is 24.4 Å². The first kappa shape index (κ1) is 20.1. The smallest absolute Gasteiger partial charge is 0.311 e. The number of rotatable bonds is 5. The van der Waals surface area contributed by atoms with Gasteiger partial charge in [-0.25, -0.2) is 0 Å². The molecule has 1 aliphatic rings. The second kappa shape index (κ2) is 8.57. The summed E-state index contributed by atoms with van der Waals surface area (Å²) in [6.07, 6.45) is 0.0536. The standard InChI is InChI=1S/C22H21N3O4/c1-14-5-3-8-19(15(14)2)25-12-17(10-21(25)27)22(28)29-13-20(26)24-18-7-4-6-16(9-18)11-23/h3-9,17H,10,12-13H2,1-2H3,(H,24,26)/t17-/m1/s1. The minimum absolute atomic E-state index is 0.0536. The molecule has 2 aromatic carbocycles. The molecule has 0 saturated carbocycles. The lowest BCUT2D eigenvalue weighted by molar-refractivity contribution is -0.151. The Balaban J connectivity index is 1.56. The minimum atomic E-state index is -0.614. The van der Waals surface area contributed by atoms with Crippen molar-refractivity contribution in [3.63, 3.8) is 0 Å². The van der Waals surface area contributed by atoms with Crippen molar-refractivity contribution in [3.05, 3.63) is 59.2 Å². The van der Waals surface area contributed by atoms with E-state index >= 15 is 0 Å². The Labute approximate surface area is 168 Å². The molecule has 1 saturated heterocycles. The second-order valence-electron chi connectivity index (χ2n) is 6.97. The predicted octanol–water partition coefficient (Wildman–Crippen LogP) is 2.71. The summed E-state index contributed by atoms with van der Waals surface area (Å²) in [4.78, 5) is 38.4. The Morgan fingerprint density at radius 2 is 2.00 bits per heavy atom. The van der Waals surface area contributed by atoms with Gasteiger partial charge in [-0.1, -0.05) is 18.2 Å². The van der Waals surface area contributed by atoms with E-state index in [1.165, 1.54) is 6.07 Å². The molecule has 0 radical (unpaired) electrons. The van der Waals surface area contributed by atoms with E-state index in [9.17, 15) is 14.4 Å². The van der Waals surface area contributed by atoms with Gasteiger partial charge in [0.1, 0.15) is 0 Å². The molecule has 29 heavy (non-hydrogen) atoms. The number of amides is 2. The number of nitriles is 1. The lowest BCUT2D eigenvalue weighted by atomic mass is 10.1. The number of aryl methyl sites for hydroxylation is 1. The number of nitrogens with zero attached hydrogens (tertiary/aromatic N) is 2. The average molecular weight is 391 g/mol. The van der Waals surface area contributed by atoms with Crippen molar-refractivity contribution in [2.45, 2.75) is 20.3 Å². The van der Waals surface area contributed by atoms with Gasteiger partial charge in [-0.2, -0.15) is 5.26 Å². The fraction of sp³-hybridized carbons (Fsp3) is 0.273. The molecule has 148 valence electrons. The molecular weight excluding hydrogens is 370 g/mol. The molecule has 1 N–H and O–H groups in total. The third-order valence-corrected chi connectivity index (χ3v) is 4.95.